The molecule has 0 bridgehead atoms. The summed E-state index contributed by atoms with van der Waals surface area (Å²) in [6.45, 7) is 6.62. The van der Waals surface area contributed by atoms with Crippen LogP contribution in [0.15, 0.2) is 35.3 Å². The van der Waals surface area contributed by atoms with Crippen LogP contribution >= 0.6 is 24.0 Å². The summed E-state index contributed by atoms with van der Waals surface area (Å²) in [4.78, 5) is 21.0. The van der Waals surface area contributed by atoms with Crippen molar-refractivity contribution in [2.24, 2.45) is 4.99 Å². The maximum absolute atomic E-state index is 12.3. The lowest BCUT2D eigenvalue weighted by Crippen LogP contribution is -2.46. The standard InChI is InChI=1S/C22H37N5O.HI/c1-4-20-12-8-9-16-27(20)17-15-25-22(23-2)24-14-13-21(28)26(3)18-19-10-6-5-7-11-19;/h5-7,10-11,20H,4,8-9,12-18H2,1-3H3,(H2,23,24,25);1H. The lowest BCUT2D eigenvalue weighted by atomic mass is 10.0. The van der Waals surface area contributed by atoms with Gasteiger partial charge in [0.1, 0.15) is 0 Å². The molecule has 1 atom stereocenters. The van der Waals surface area contributed by atoms with Gasteiger partial charge in [-0.25, -0.2) is 0 Å². The quantitative estimate of drug-likeness (QED) is 0.302. The zero-order valence-electron chi connectivity index (χ0n) is 18.2. The molecule has 0 spiro atoms. The van der Waals surface area contributed by atoms with Crippen molar-refractivity contribution in [3.8, 4) is 0 Å². The number of piperidine rings is 1. The van der Waals surface area contributed by atoms with Crippen molar-refractivity contribution in [2.45, 2.75) is 51.6 Å². The van der Waals surface area contributed by atoms with E-state index in [0.29, 0.717) is 19.5 Å². The molecule has 1 amide bonds. The fourth-order valence-electron chi connectivity index (χ4n) is 3.78. The molecule has 0 radical (unpaired) electrons. The Hall–Kier alpha value is -1.35. The van der Waals surface area contributed by atoms with Gasteiger partial charge in [0.15, 0.2) is 5.96 Å². The molecule has 1 fully saturated rings. The average Bonchev–Trinajstić information content (AvgIpc) is 2.73. The number of halogens is 1. The van der Waals surface area contributed by atoms with E-state index in [1.54, 1.807) is 11.9 Å². The number of benzene rings is 1. The number of aliphatic imine (C=N–C) groups is 1. The van der Waals surface area contributed by atoms with E-state index in [2.05, 4.69) is 27.4 Å². The monoisotopic (exact) mass is 515 g/mol. The van der Waals surface area contributed by atoms with Crippen LogP contribution in [0, 0.1) is 0 Å². The number of amides is 1. The Kier molecular flexibility index (Phi) is 12.9. The molecule has 0 saturated carbocycles. The van der Waals surface area contributed by atoms with Gasteiger partial charge in [-0.1, -0.05) is 43.7 Å². The molecule has 1 aliphatic heterocycles. The molecule has 29 heavy (non-hydrogen) atoms. The fraction of sp³-hybridized carbons (Fsp3) is 0.636. The molecule has 1 unspecified atom stereocenters. The maximum atomic E-state index is 12.3. The predicted molar refractivity (Wildman–Crippen MR) is 132 cm³/mol. The van der Waals surface area contributed by atoms with Crippen LogP contribution in [-0.4, -0.2) is 68.0 Å². The molecule has 1 aromatic carbocycles. The van der Waals surface area contributed by atoms with Gasteiger partial charge >= 0.3 is 0 Å². The van der Waals surface area contributed by atoms with Gasteiger partial charge in [0.05, 0.1) is 0 Å². The van der Waals surface area contributed by atoms with E-state index >= 15 is 0 Å². The number of nitrogens with zero attached hydrogens (tertiary/aromatic N) is 3. The molecule has 1 aliphatic rings. The molecule has 1 aromatic rings. The molecule has 0 aliphatic carbocycles. The van der Waals surface area contributed by atoms with Crippen molar-refractivity contribution >= 4 is 35.8 Å². The first-order valence-corrected chi connectivity index (χ1v) is 10.6. The maximum Gasteiger partial charge on any atom is 0.224 e. The van der Waals surface area contributed by atoms with Gasteiger partial charge < -0.3 is 15.5 Å². The lowest BCUT2D eigenvalue weighted by Gasteiger charge is -2.35. The molecule has 7 heteroatoms. The largest absolute Gasteiger partial charge is 0.356 e. The van der Waals surface area contributed by atoms with E-state index in [1.807, 2.05) is 37.4 Å². The van der Waals surface area contributed by atoms with E-state index in [4.69, 9.17) is 0 Å². The Labute approximate surface area is 193 Å². The van der Waals surface area contributed by atoms with Crippen molar-refractivity contribution in [3.05, 3.63) is 35.9 Å². The SMILES string of the molecule is CCC1CCCCN1CCNC(=NC)NCCC(=O)N(C)Cc1ccccc1.I. The van der Waals surface area contributed by atoms with Crippen LogP contribution in [0.25, 0.3) is 0 Å². The molecular weight excluding hydrogens is 477 g/mol. The number of hydrogen-bond acceptors (Lipinski definition) is 3. The third-order valence-corrected chi connectivity index (χ3v) is 5.46. The summed E-state index contributed by atoms with van der Waals surface area (Å²) in [7, 11) is 3.62. The Bertz CT molecular complexity index is 610. The highest BCUT2D eigenvalue weighted by Crippen LogP contribution is 2.18. The normalized spacial score (nSPS) is 17.3. The summed E-state index contributed by atoms with van der Waals surface area (Å²) in [5.74, 6) is 0.898. The summed E-state index contributed by atoms with van der Waals surface area (Å²) in [6.07, 6.45) is 5.67. The summed E-state index contributed by atoms with van der Waals surface area (Å²) >= 11 is 0. The molecule has 2 rings (SSSR count). The summed E-state index contributed by atoms with van der Waals surface area (Å²) in [5.41, 5.74) is 1.15. The smallest absolute Gasteiger partial charge is 0.224 e. The van der Waals surface area contributed by atoms with Gasteiger partial charge in [-0.2, -0.15) is 0 Å². The highest BCUT2D eigenvalue weighted by Gasteiger charge is 2.20. The van der Waals surface area contributed by atoms with E-state index < -0.39 is 0 Å². The molecule has 164 valence electrons. The minimum Gasteiger partial charge on any atom is -0.356 e. The molecule has 1 heterocycles. The van der Waals surface area contributed by atoms with E-state index in [-0.39, 0.29) is 29.9 Å². The van der Waals surface area contributed by atoms with Crippen LogP contribution in [0.5, 0.6) is 0 Å². The number of rotatable bonds is 9. The van der Waals surface area contributed by atoms with Gasteiger partial charge in [-0.3, -0.25) is 14.7 Å². The molecule has 0 aromatic heterocycles. The van der Waals surface area contributed by atoms with Crippen LogP contribution in [0.4, 0.5) is 0 Å². The van der Waals surface area contributed by atoms with Crippen LogP contribution in [0.2, 0.25) is 0 Å². The number of carbonyl (C=O) groups excluding carboxylic acids is 1. The number of hydrogen-bond donors (Lipinski definition) is 2. The highest BCUT2D eigenvalue weighted by molar-refractivity contribution is 14.0. The minimum absolute atomic E-state index is 0. The fourth-order valence-corrected chi connectivity index (χ4v) is 3.78. The molecule has 6 nitrogen and oxygen atoms in total. The first-order valence-electron chi connectivity index (χ1n) is 10.6. The van der Waals surface area contributed by atoms with Crippen molar-refractivity contribution in [2.75, 3.05) is 40.3 Å². The summed E-state index contributed by atoms with van der Waals surface area (Å²) in [5, 5.41) is 6.63. The summed E-state index contributed by atoms with van der Waals surface area (Å²) in [6, 6.07) is 10.8. The lowest BCUT2D eigenvalue weighted by molar-refractivity contribution is -0.130. The third-order valence-electron chi connectivity index (χ3n) is 5.46. The zero-order valence-corrected chi connectivity index (χ0v) is 20.5. The van der Waals surface area contributed by atoms with Gasteiger partial charge in [-0.05, 0) is 31.4 Å². The highest BCUT2D eigenvalue weighted by atomic mass is 127. The van der Waals surface area contributed by atoms with Crippen LogP contribution in [0.1, 0.15) is 44.6 Å². The van der Waals surface area contributed by atoms with Crippen LogP contribution in [0.3, 0.4) is 0 Å². The molecular formula is C22H38IN5O. The second kappa shape index (κ2) is 14.6. The zero-order chi connectivity index (χ0) is 20.2. The minimum atomic E-state index is 0. The molecule has 2 N–H and O–H groups in total. The Morgan fingerprint density at radius 1 is 1.21 bits per heavy atom. The van der Waals surface area contributed by atoms with Crippen molar-refractivity contribution in [1.82, 2.24) is 20.4 Å². The summed E-state index contributed by atoms with van der Waals surface area (Å²) < 4.78 is 0. The van der Waals surface area contributed by atoms with Gasteiger partial charge in [0, 0.05) is 52.7 Å². The van der Waals surface area contributed by atoms with E-state index in [0.717, 1.165) is 30.7 Å². The van der Waals surface area contributed by atoms with Crippen molar-refractivity contribution in [1.29, 1.82) is 0 Å². The Balaban J connectivity index is 0.00000420. The third kappa shape index (κ3) is 9.33. The van der Waals surface area contributed by atoms with Crippen molar-refractivity contribution < 1.29 is 4.79 Å². The van der Waals surface area contributed by atoms with Gasteiger partial charge in [0.2, 0.25) is 5.91 Å². The van der Waals surface area contributed by atoms with Gasteiger partial charge in [-0.15, -0.1) is 24.0 Å². The number of carbonyl (C=O) groups is 1. The Morgan fingerprint density at radius 2 is 1.93 bits per heavy atom. The molecule has 1 saturated heterocycles. The second-order valence-electron chi connectivity index (χ2n) is 7.50. The Morgan fingerprint density at radius 3 is 2.62 bits per heavy atom. The first-order chi connectivity index (χ1) is 13.6. The average molecular weight is 515 g/mol. The van der Waals surface area contributed by atoms with Crippen LogP contribution in [-0.2, 0) is 11.3 Å². The topological polar surface area (TPSA) is 60.0 Å². The van der Waals surface area contributed by atoms with Gasteiger partial charge in [0.25, 0.3) is 0 Å². The number of likely N-dealkylation sites (tertiary alicyclic amines) is 1. The second-order valence-corrected chi connectivity index (χ2v) is 7.50. The number of guanidine groups is 1. The van der Waals surface area contributed by atoms with E-state index in [1.165, 1.54) is 32.2 Å². The predicted octanol–water partition coefficient (Wildman–Crippen LogP) is 3.08. The first kappa shape index (κ1) is 25.7. The van der Waals surface area contributed by atoms with E-state index in [9.17, 15) is 4.79 Å². The van der Waals surface area contributed by atoms with Crippen molar-refractivity contribution in [3.63, 3.8) is 0 Å². The number of nitrogens with one attached hydrogen (secondary N) is 2. The van der Waals surface area contributed by atoms with Crippen LogP contribution < -0.4 is 10.6 Å².